The molecule has 0 rings (SSSR count). The number of carbonyl (C=O) groups excluding carboxylic acids is 2. The van der Waals surface area contributed by atoms with Crippen LogP contribution in [0.1, 0.15) is 33.6 Å². The standard InChI is InChI=1S/C11H17ClO4/c1-11(2,3)16-10(15)5-8(7-13)4-9(14)6-12/h9,14H,4-6H2,1-3H3/t9-/m0/s1. The Morgan fingerprint density at radius 2 is 2.06 bits per heavy atom. The largest absolute Gasteiger partial charge is 0.460 e. The molecule has 0 aromatic heterocycles. The molecule has 0 amide bonds. The minimum Gasteiger partial charge on any atom is -0.460 e. The van der Waals surface area contributed by atoms with E-state index in [9.17, 15) is 14.7 Å². The SMILES string of the molecule is CC(C)(C)OC(=O)CC(=C=O)C[C@H](O)CCl. The van der Waals surface area contributed by atoms with E-state index in [4.69, 9.17) is 16.3 Å². The van der Waals surface area contributed by atoms with Crippen molar-refractivity contribution in [3.05, 3.63) is 5.57 Å². The highest BCUT2D eigenvalue weighted by Crippen LogP contribution is 2.13. The fraction of sp³-hybridized carbons (Fsp3) is 0.727. The highest BCUT2D eigenvalue weighted by molar-refractivity contribution is 6.18. The maximum atomic E-state index is 11.4. The molecular formula is C11H17ClO4. The molecule has 0 aromatic rings. The van der Waals surface area contributed by atoms with Crippen molar-refractivity contribution in [2.45, 2.75) is 45.3 Å². The monoisotopic (exact) mass is 248 g/mol. The molecular weight excluding hydrogens is 232 g/mol. The van der Waals surface area contributed by atoms with Crippen LogP contribution in [0, 0.1) is 0 Å². The van der Waals surface area contributed by atoms with Gasteiger partial charge in [0.15, 0.2) is 0 Å². The summed E-state index contributed by atoms with van der Waals surface area (Å²) in [4.78, 5) is 21.9. The fourth-order valence-corrected chi connectivity index (χ4v) is 1.15. The predicted molar refractivity (Wildman–Crippen MR) is 61.0 cm³/mol. The van der Waals surface area contributed by atoms with Gasteiger partial charge in [0.1, 0.15) is 11.5 Å². The molecule has 0 fully saturated rings. The molecule has 0 aliphatic heterocycles. The maximum absolute atomic E-state index is 11.4. The number of halogens is 1. The lowest BCUT2D eigenvalue weighted by Gasteiger charge is -2.19. The smallest absolute Gasteiger partial charge is 0.311 e. The topological polar surface area (TPSA) is 63.6 Å². The van der Waals surface area contributed by atoms with Crippen LogP contribution in [0.2, 0.25) is 0 Å². The molecule has 0 unspecified atom stereocenters. The van der Waals surface area contributed by atoms with Gasteiger partial charge < -0.3 is 9.84 Å². The molecule has 0 heterocycles. The lowest BCUT2D eigenvalue weighted by Crippen LogP contribution is -2.24. The van der Waals surface area contributed by atoms with Crippen molar-refractivity contribution in [3.63, 3.8) is 0 Å². The number of hydrogen-bond donors (Lipinski definition) is 1. The summed E-state index contributed by atoms with van der Waals surface area (Å²) in [7, 11) is 0. The molecule has 0 aliphatic carbocycles. The van der Waals surface area contributed by atoms with Gasteiger partial charge in [0, 0.05) is 17.9 Å². The Balaban J connectivity index is 4.25. The first-order valence-electron chi connectivity index (χ1n) is 4.97. The Labute approximate surface area is 100 Å². The number of hydrogen-bond acceptors (Lipinski definition) is 4. The van der Waals surface area contributed by atoms with Crippen LogP contribution >= 0.6 is 11.6 Å². The van der Waals surface area contributed by atoms with Crippen LogP contribution in [-0.2, 0) is 14.3 Å². The van der Waals surface area contributed by atoms with Gasteiger partial charge in [-0.1, -0.05) is 0 Å². The van der Waals surface area contributed by atoms with Crippen molar-refractivity contribution < 1.29 is 19.4 Å². The lowest BCUT2D eigenvalue weighted by molar-refractivity contribution is -0.153. The summed E-state index contributed by atoms with van der Waals surface area (Å²) >= 11 is 5.39. The zero-order valence-electron chi connectivity index (χ0n) is 9.75. The van der Waals surface area contributed by atoms with Crippen molar-refractivity contribution in [1.82, 2.24) is 0 Å². The molecule has 0 saturated carbocycles. The Hall–Kier alpha value is -0.830. The van der Waals surface area contributed by atoms with Crippen LogP contribution in [0.15, 0.2) is 5.57 Å². The van der Waals surface area contributed by atoms with E-state index >= 15 is 0 Å². The van der Waals surface area contributed by atoms with E-state index in [0.29, 0.717) is 0 Å². The van der Waals surface area contributed by atoms with E-state index in [1.54, 1.807) is 26.7 Å². The molecule has 0 spiro atoms. The van der Waals surface area contributed by atoms with Gasteiger partial charge in [-0.25, -0.2) is 4.79 Å². The van der Waals surface area contributed by atoms with E-state index in [2.05, 4.69) is 0 Å². The van der Waals surface area contributed by atoms with Crippen LogP contribution < -0.4 is 0 Å². The summed E-state index contributed by atoms with van der Waals surface area (Å²) < 4.78 is 5.03. The predicted octanol–water partition coefficient (Wildman–Crippen LogP) is 1.47. The molecule has 0 aromatic carbocycles. The molecule has 0 radical (unpaired) electrons. The molecule has 1 N–H and O–H groups in total. The van der Waals surface area contributed by atoms with Gasteiger partial charge in [0.05, 0.1) is 12.5 Å². The number of alkyl halides is 1. The summed E-state index contributed by atoms with van der Waals surface area (Å²) in [6.45, 7) is 5.22. The molecule has 0 aliphatic rings. The van der Waals surface area contributed by atoms with E-state index in [-0.39, 0.29) is 24.3 Å². The van der Waals surface area contributed by atoms with Crippen LogP contribution in [0.25, 0.3) is 0 Å². The second-order valence-corrected chi connectivity index (χ2v) is 4.79. The Morgan fingerprint density at radius 3 is 2.44 bits per heavy atom. The lowest BCUT2D eigenvalue weighted by atomic mass is 10.1. The summed E-state index contributed by atoms with van der Waals surface area (Å²) in [6.07, 6.45) is -0.943. The normalized spacial score (nSPS) is 12.8. The summed E-state index contributed by atoms with van der Waals surface area (Å²) in [5.74, 6) is 1.14. The minimum absolute atomic E-state index is 0.0134. The maximum Gasteiger partial charge on any atom is 0.311 e. The third kappa shape index (κ3) is 7.46. The summed E-state index contributed by atoms with van der Waals surface area (Å²) in [5, 5.41) is 9.22. The number of carbonyl (C=O) groups is 1. The molecule has 4 nitrogen and oxygen atoms in total. The van der Waals surface area contributed by atoms with Crippen LogP contribution in [-0.4, -0.2) is 34.6 Å². The fourth-order valence-electron chi connectivity index (χ4n) is 1.04. The van der Waals surface area contributed by atoms with E-state index < -0.39 is 17.7 Å². The van der Waals surface area contributed by atoms with Crippen molar-refractivity contribution in [3.8, 4) is 0 Å². The molecule has 5 heteroatoms. The third-order valence-corrected chi connectivity index (χ3v) is 1.94. The van der Waals surface area contributed by atoms with Gasteiger partial charge in [0.2, 0.25) is 0 Å². The van der Waals surface area contributed by atoms with Gasteiger partial charge >= 0.3 is 5.97 Å². The molecule has 0 bridgehead atoms. The molecule has 1 atom stereocenters. The average Bonchev–Trinajstić information content (AvgIpc) is 2.13. The van der Waals surface area contributed by atoms with Crippen molar-refractivity contribution in [2.75, 3.05) is 5.88 Å². The average molecular weight is 249 g/mol. The number of aliphatic hydroxyl groups excluding tert-OH is 1. The second kappa shape index (κ2) is 6.69. The van der Waals surface area contributed by atoms with E-state index in [1.807, 2.05) is 0 Å². The zero-order valence-corrected chi connectivity index (χ0v) is 10.5. The number of ether oxygens (including phenoxy) is 1. The van der Waals surface area contributed by atoms with Gasteiger partial charge in [-0.2, -0.15) is 0 Å². The second-order valence-electron chi connectivity index (χ2n) is 4.48. The first-order chi connectivity index (χ1) is 7.28. The first kappa shape index (κ1) is 15.2. The van der Waals surface area contributed by atoms with Crippen LogP contribution in [0.5, 0.6) is 0 Å². The number of aliphatic hydroxyl groups is 1. The van der Waals surface area contributed by atoms with E-state index in [1.165, 1.54) is 0 Å². The highest BCUT2D eigenvalue weighted by atomic mass is 35.5. The van der Waals surface area contributed by atoms with Crippen LogP contribution in [0.3, 0.4) is 0 Å². The highest BCUT2D eigenvalue weighted by Gasteiger charge is 2.18. The van der Waals surface area contributed by atoms with Crippen molar-refractivity contribution in [2.24, 2.45) is 0 Å². The number of esters is 1. The third-order valence-electron chi connectivity index (χ3n) is 1.58. The Morgan fingerprint density at radius 1 is 1.50 bits per heavy atom. The quantitative estimate of drug-likeness (QED) is 0.455. The first-order valence-corrected chi connectivity index (χ1v) is 5.50. The zero-order chi connectivity index (χ0) is 12.8. The summed E-state index contributed by atoms with van der Waals surface area (Å²) in [5.41, 5.74) is -0.418. The molecule has 16 heavy (non-hydrogen) atoms. The molecule has 0 saturated heterocycles. The van der Waals surface area contributed by atoms with E-state index in [0.717, 1.165) is 0 Å². The van der Waals surface area contributed by atoms with Gasteiger partial charge in [-0.3, -0.25) is 4.79 Å². The minimum atomic E-state index is -0.833. The number of rotatable bonds is 5. The van der Waals surface area contributed by atoms with Gasteiger partial charge in [0.25, 0.3) is 0 Å². The van der Waals surface area contributed by atoms with Crippen LogP contribution in [0.4, 0.5) is 0 Å². The summed E-state index contributed by atoms with van der Waals surface area (Å²) in [6, 6.07) is 0. The van der Waals surface area contributed by atoms with Gasteiger partial charge in [-0.05, 0) is 20.8 Å². The van der Waals surface area contributed by atoms with Crippen molar-refractivity contribution >= 4 is 23.5 Å². The van der Waals surface area contributed by atoms with Crippen molar-refractivity contribution in [1.29, 1.82) is 0 Å². The Kier molecular flexibility index (Phi) is 6.34. The molecule has 92 valence electrons. The van der Waals surface area contributed by atoms with Gasteiger partial charge in [-0.15, -0.1) is 11.6 Å². The Bertz CT molecular complexity index is 287.